The Morgan fingerprint density at radius 1 is 1.12 bits per heavy atom. The van der Waals surface area contributed by atoms with Crippen molar-refractivity contribution in [2.45, 2.75) is 62.8 Å². The van der Waals surface area contributed by atoms with Crippen molar-refractivity contribution in [3.05, 3.63) is 24.2 Å². The molecule has 0 saturated carbocycles. The minimum Gasteiger partial charge on any atom is -0.468 e. The highest BCUT2D eigenvalue weighted by molar-refractivity contribution is 5.77. The number of hydrogen-bond acceptors (Lipinski definition) is 4. The fourth-order valence-electron chi connectivity index (χ4n) is 5.91. The normalized spacial score (nSPS) is 42.5. The van der Waals surface area contributed by atoms with Crippen LogP contribution in [-0.2, 0) is 4.79 Å². The van der Waals surface area contributed by atoms with Gasteiger partial charge < -0.3 is 14.4 Å². The number of amides is 1. The quantitative estimate of drug-likeness (QED) is 0.857. The van der Waals surface area contributed by atoms with E-state index in [4.69, 9.17) is 4.42 Å². The van der Waals surface area contributed by atoms with Crippen LogP contribution >= 0.6 is 0 Å². The van der Waals surface area contributed by atoms with Crippen molar-refractivity contribution in [3.8, 4) is 0 Å². The van der Waals surface area contributed by atoms with Crippen LogP contribution in [0.2, 0.25) is 0 Å². The number of furan rings is 1. The van der Waals surface area contributed by atoms with Gasteiger partial charge in [-0.3, -0.25) is 9.69 Å². The highest BCUT2D eigenvalue weighted by atomic mass is 16.3. The molecule has 0 radical (unpaired) electrons. The zero-order valence-electron chi connectivity index (χ0n) is 14.0. The number of fused-ring (bicyclic) bond motifs is 6. The molecule has 0 spiro atoms. The molecule has 4 aliphatic rings. The van der Waals surface area contributed by atoms with Crippen LogP contribution in [0.25, 0.3) is 0 Å². The van der Waals surface area contributed by atoms with Crippen LogP contribution < -0.4 is 0 Å². The molecular weight excluding hydrogens is 304 g/mol. The van der Waals surface area contributed by atoms with Crippen molar-refractivity contribution in [1.29, 1.82) is 0 Å². The summed E-state index contributed by atoms with van der Waals surface area (Å²) in [6.45, 7) is 1.92. The lowest BCUT2D eigenvalue weighted by molar-refractivity contribution is -0.154. The number of piperidine rings is 4. The minimum atomic E-state index is -0.271. The van der Waals surface area contributed by atoms with E-state index < -0.39 is 0 Å². The monoisotopic (exact) mass is 330 g/mol. The maximum absolute atomic E-state index is 12.4. The third-order valence-corrected chi connectivity index (χ3v) is 6.89. The molecule has 0 aromatic carbocycles. The molecule has 0 aliphatic carbocycles. The van der Waals surface area contributed by atoms with Gasteiger partial charge in [0.2, 0.25) is 5.91 Å². The second-order valence-electron chi connectivity index (χ2n) is 8.18. The third kappa shape index (κ3) is 2.25. The van der Waals surface area contributed by atoms with Crippen LogP contribution in [0.3, 0.4) is 0 Å². The Hall–Kier alpha value is -1.33. The van der Waals surface area contributed by atoms with E-state index in [0.717, 1.165) is 51.0 Å². The van der Waals surface area contributed by atoms with Gasteiger partial charge >= 0.3 is 0 Å². The molecule has 24 heavy (non-hydrogen) atoms. The number of aliphatic hydroxyl groups excluding tert-OH is 1. The molecular formula is C19H26N2O3. The van der Waals surface area contributed by atoms with E-state index in [1.54, 1.807) is 6.26 Å². The number of carbonyl (C=O) groups is 1. The van der Waals surface area contributed by atoms with Gasteiger partial charge in [0.15, 0.2) is 0 Å². The van der Waals surface area contributed by atoms with Crippen LogP contribution in [0.4, 0.5) is 0 Å². The van der Waals surface area contributed by atoms with Crippen molar-refractivity contribution in [2.75, 3.05) is 13.1 Å². The van der Waals surface area contributed by atoms with Gasteiger partial charge in [0.05, 0.1) is 18.4 Å². The standard InChI is InChI=1S/C19H26N2O3/c22-14-8-16-13-7-12(15-3-1-5-19(23)21(15)11-13)10-20(16)17(9-14)18-4-2-6-24-18/h2,4,6,12-17,22H,1,3,5,7-11H2. The maximum Gasteiger partial charge on any atom is 0.222 e. The summed E-state index contributed by atoms with van der Waals surface area (Å²) in [5.74, 6) is 2.41. The Morgan fingerprint density at radius 3 is 2.83 bits per heavy atom. The largest absolute Gasteiger partial charge is 0.468 e. The van der Waals surface area contributed by atoms with E-state index >= 15 is 0 Å². The van der Waals surface area contributed by atoms with Gasteiger partial charge in [0.1, 0.15) is 5.76 Å². The van der Waals surface area contributed by atoms with E-state index in [9.17, 15) is 9.90 Å². The number of carbonyl (C=O) groups excluding carboxylic acids is 1. The van der Waals surface area contributed by atoms with E-state index in [1.165, 1.54) is 6.42 Å². The number of aliphatic hydroxyl groups is 1. The average Bonchev–Trinajstić information content (AvgIpc) is 3.10. The molecule has 5 heterocycles. The topological polar surface area (TPSA) is 56.9 Å². The fraction of sp³-hybridized carbons (Fsp3) is 0.737. The number of rotatable bonds is 1. The summed E-state index contributed by atoms with van der Waals surface area (Å²) in [6.07, 6.45) is 7.21. The smallest absolute Gasteiger partial charge is 0.222 e. The van der Waals surface area contributed by atoms with Crippen LogP contribution in [0.5, 0.6) is 0 Å². The zero-order valence-corrected chi connectivity index (χ0v) is 14.0. The molecule has 5 nitrogen and oxygen atoms in total. The summed E-state index contributed by atoms with van der Waals surface area (Å²) >= 11 is 0. The van der Waals surface area contributed by atoms with Gasteiger partial charge in [-0.25, -0.2) is 0 Å². The van der Waals surface area contributed by atoms with Crippen molar-refractivity contribution in [2.24, 2.45) is 11.8 Å². The van der Waals surface area contributed by atoms with E-state index in [2.05, 4.69) is 9.80 Å². The molecule has 1 amide bonds. The molecule has 4 fully saturated rings. The Balaban J connectivity index is 1.46. The van der Waals surface area contributed by atoms with Crippen molar-refractivity contribution in [3.63, 3.8) is 0 Å². The number of hydrogen-bond donors (Lipinski definition) is 1. The Kier molecular flexibility index (Phi) is 3.49. The highest BCUT2D eigenvalue weighted by Gasteiger charge is 2.51. The summed E-state index contributed by atoms with van der Waals surface area (Å²) in [5, 5.41) is 10.5. The van der Waals surface area contributed by atoms with E-state index in [1.807, 2.05) is 12.1 Å². The summed E-state index contributed by atoms with van der Waals surface area (Å²) in [7, 11) is 0. The van der Waals surface area contributed by atoms with Crippen LogP contribution in [-0.4, -0.2) is 52.1 Å². The Bertz CT molecular complexity index is 616. The van der Waals surface area contributed by atoms with Gasteiger partial charge in [-0.05, 0) is 56.1 Å². The second-order valence-corrected chi connectivity index (χ2v) is 8.18. The molecule has 2 bridgehead atoms. The number of nitrogens with zero attached hydrogens (tertiary/aromatic N) is 2. The maximum atomic E-state index is 12.4. The summed E-state index contributed by atoms with van der Waals surface area (Å²) in [5.41, 5.74) is 0. The van der Waals surface area contributed by atoms with Crippen LogP contribution in [0, 0.1) is 11.8 Å². The first kappa shape index (κ1) is 15.0. The van der Waals surface area contributed by atoms with Gasteiger partial charge in [-0.15, -0.1) is 0 Å². The Labute approximate surface area is 142 Å². The first-order valence-corrected chi connectivity index (χ1v) is 9.47. The predicted molar refractivity (Wildman–Crippen MR) is 88.1 cm³/mol. The first-order valence-electron chi connectivity index (χ1n) is 9.47. The second kappa shape index (κ2) is 5.60. The summed E-state index contributed by atoms with van der Waals surface area (Å²) in [6, 6.07) is 4.98. The summed E-state index contributed by atoms with van der Waals surface area (Å²) in [4.78, 5) is 17.2. The SMILES string of the molecule is O=C1CCCC2C3CC(CN12)C1CC(O)CC(c2ccco2)N1C3. The molecule has 5 heteroatoms. The molecule has 1 N–H and O–H groups in total. The minimum absolute atomic E-state index is 0.185. The van der Waals surface area contributed by atoms with E-state index in [0.29, 0.717) is 29.8 Å². The van der Waals surface area contributed by atoms with Gasteiger partial charge in [0, 0.05) is 31.6 Å². The fourth-order valence-corrected chi connectivity index (χ4v) is 5.91. The van der Waals surface area contributed by atoms with Crippen LogP contribution in [0.1, 0.15) is 50.3 Å². The van der Waals surface area contributed by atoms with Crippen molar-refractivity contribution in [1.82, 2.24) is 9.80 Å². The van der Waals surface area contributed by atoms with Gasteiger partial charge in [0.25, 0.3) is 0 Å². The molecule has 4 aliphatic heterocycles. The van der Waals surface area contributed by atoms with E-state index in [-0.39, 0.29) is 12.1 Å². The zero-order chi connectivity index (χ0) is 16.3. The highest BCUT2D eigenvalue weighted by Crippen LogP contribution is 2.47. The molecule has 130 valence electrons. The predicted octanol–water partition coefficient (Wildman–Crippen LogP) is 2.18. The molecule has 6 unspecified atom stereocenters. The summed E-state index contributed by atoms with van der Waals surface area (Å²) < 4.78 is 5.70. The van der Waals surface area contributed by atoms with Crippen molar-refractivity contribution >= 4 is 5.91 Å². The molecule has 1 aromatic rings. The van der Waals surface area contributed by atoms with Gasteiger partial charge in [-0.2, -0.15) is 0 Å². The average molecular weight is 330 g/mol. The first-order chi connectivity index (χ1) is 11.7. The van der Waals surface area contributed by atoms with Gasteiger partial charge in [-0.1, -0.05) is 0 Å². The lowest BCUT2D eigenvalue weighted by Crippen LogP contribution is -2.65. The molecule has 5 rings (SSSR count). The lowest BCUT2D eigenvalue weighted by atomic mass is 9.69. The third-order valence-electron chi connectivity index (χ3n) is 6.89. The molecule has 4 saturated heterocycles. The Morgan fingerprint density at radius 2 is 2.00 bits per heavy atom. The molecule has 1 aromatic heterocycles. The van der Waals surface area contributed by atoms with Crippen LogP contribution in [0.15, 0.2) is 22.8 Å². The lowest BCUT2D eigenvalue weighted by Gasteiger charge is -2.58. The molecule has 6 atom stereocenters. The van der Waals surface area contributed by atoms with Crippen molar-refractivity contribution < 1.29 is 14.3 Å².